The van der Waals surface area contributed by atoms with Gasteiger partial charge in [-0.1, -0.05) is 20.8 Å². The number of ketones is 1. The maximum absolute atomic E-state index is 12.4. The van der Waals surface area contributed by atoms with Gasteiger partial charge in [0.05, 0.1) is 12.7 Å². The lowest BCUT2D eigenvalue weighted by Crippen LogP contribution is -2.54. The Morgan fingerprint density at radius 1 is 1.14 bits per heavy atom. The third kappa shape index (κ3) is 3.22. The Bertz CT molecular complexity index is 460. The number of carbonyl (C=O) groups is 2. The average Bonchev–Trinajstić information content (AvgIpc) is 2.98. The van der Waals surface area contributed by atoms with E-state index >= 15 is 0 Å². The third-order valence-electron chi connectivity index (χ3n) is 5.70. The maximum Gasteiger partial charge on any atom is 0.223 e. The van der Waals surface area contributed by atoms with E-state index in [2.05, 4.69) is 30.6 Å². The molecule has 3 rings (SSSR count). The van der Waals surface area contributed by atoms with Gasteiger partial charge in [0.1, 0.15) is 5.78 Å². The van der Waals surface area contributed by atoms with Gasteiger partial charge in [0.15, 0.2) is 0 Å². The van der Waals surface area contributed by atoms with Crippen LogP contribution in [0.3, 0.4) is 0 Å². The van der Waals surface area contributed by atoms with Gasteiger partial charge in [-0.05, 0) is 42.9 Å². The standard InChI is InChI=1S/C18H30N2O2/c1-13-9-14(11-18(2,3)10-13)17(19-8-6-15(21)12-19)20-7-4-5-16(20)22/h13-14,17H,4-12H2,1-3H3. The molecule has 3 atom stereocenters. The normalized spacial score (nSPS) is 34.4. The maximum atomic E-state index is 12.4. The molecule has 3 fully saturated rings. The highest BCUT2D eigenvalue weighted by molar-refractivity contribution is 5.83. The van der Waals surface area contributed by atoms with Crippen molar-refractivity contribution < 1.29 is 9.59 Å². The van der Waals surface area contributed by atoms with E-state index in [1.54, 1.807) is 0 Å². The lowest BCUT2D eigenvalue weighted by Gasteiger charge is -2.47. The summed E-state index contributed by atoms with van der Waals surface area (Å²) in [5.41, 5.74) is 0.340. The molecule has 1 aliphatic carbocycles. The Labute approximate surface area is 134 Å². The summed E-state index contributed by atoms with van der Waals surface area (Å²) >= 11 is 0. The minimum atomic E-state index is 0.156. The number of Topliss-reactive ketones (excluding diaryl/α,β-unsaturated/α-hetero) is 1. The molecular weight excluding hydrogens is 276 g/mol. The Hall–Kier alpha value is -0.900. The van der Waals surface area contributed by atoms with Crippen LogP contribution in [0, 0.1) is 17.3 Å². The summed E-state index contributed by atoms with van der Waals surface area (Å²) in [6.45, 7) is 9.30. The SMILES string of the molecule is CC1CC(C(N2CCC(=O)C2)N2CCCC2=O)CC(C)(C)C1. The van der Waals surface area contributed by atoms with E-state index in [0.717, 1.165) is 25.9 Å². The zero-order chi connectivity index (χ0) is 15.9. The van der Waals surface area contributed by atoms with E-state index in [-0.39, 0.29) is 6.17 Å². The second-order valence-corrected chi connectivity index (χ2v) is 8.54. The molecule has 0 radical (unpaired) electrons. The van der Waals surface area contributed by atoms with Gasteiger partial charge in [-0.25, -0.2) is 0 Å². The molecular formula is C18H30N2O2. The molecule has 4 heteroatoms. The molecule has 0 spiro atoms. The summed E-state index contributed by atoms with van der Waals surface area (Å²) in [7, 11) is 0. The van der Waals surface area contributed by atoms with Crippen molar-refractivity contribution in [3.8, 4) is 0 Å². The molecule has 2 saturated heterocycles. The van der Waals surface area contributed by atoms with Gasteiger partial charge >= 0.3 is 0 Å². The highest BCUT2D eigenvalue weighted by atomic mass is 16.2. The molecule has 0 bridgehead atoms. The molecule has 4 nitrogen and oxygen atoms in total. The van der Waals surface area contributed by atoms with Gasteiger partial charge < -0.3 is 4.90 Å². The molecule has 124 valence electrons. The topological polar surface area (TPSA) is 40.6 Å². The van der Waals surface area contributed by atoms with Crippen molar-refractivity contribution in [2.24, 2.45) is 17.3 Å². The zero-order valence-electron chi connectivity index (χ0n) is 14.3. The van der Waals surface area contributed by atoms with Crippen molar-refractivity contribution in [1.82, 2.24) is 9.80 Å². The van der Waals surface area contributed by atoms with Crippen molar-refractivity contribution >= 4 is 11.7 Å². The van der Waals surface area contributed by atoms with Crippen LogP contribution < -0.4 is 0 Å². The molecule has 2 aliphatic heterocycles. The molecule has 1 amide bonds. The monoisotopic (exact) mass is 306 g/mol. The summed E-state index contributed by atoms with van der Waals surface area (Å²) in [5.74, 6) is 1.83. The van der Waals surface area contributed by atoms with Crippen LogP contribution in [0.4, 0.5) is 0 Å². The smallest absolute Gasteiger partial charge is 0.223 e. The Morgan fingerprint density at radius 2 is 1.91 bits per heavy atom. The van der Waals surface area contributed by atoms with E-state index in [4.69, 9.17) is 0 Å². The van der Waals surface area contributed by atoms with Crippen LogP contribution in [0.5, 0.6) is 0 Å². The van der Waals surface area contributed by atoms with Crippen molar-refractivity contribution in [2.75, 3.05) is 19.6 Å². The first-order valence-electron chi connectivity index (χ1n) is 8.91. The number of nitrogens with zero attached hydrogens (tertiary/aromatic N) is 2. The number of amides is 1. The molecule has 0 aromatic carbocycles. The highest BCUT2D eigenvalue weighted by Crippen LogP contribution is 2.45. The summed E-state index contributed by atoms with van der Waals surface area (Å²) in [6, 6.07) is 0. The number of rotatable bonds is 3. The lowest BCUT2D eigenvalue weighted by molar-refractivity contribution is -0.137. The van der Waals surface area contributed by atoms with Gasteiger partial charge in [0, 0.05) is 25.9 Å². The van der Waals surface area contributed by atoms with Crippen molar-refractivity contribution in [3.05, 3.63) is 0 Å². The first-order valence-corrected chi connectivity index (χ1v) is 8.91. The van der Waals surface area contributed by atoms with Crippen LogP contribution >= 0.6 is 0 Å². The summed E-state index contributed by atoms with van der Waals surface area (Å²) in [5, 5.41) is 0. The Kier molecular flexibility index (Phi) is 4.32. The summed E-state index contributed by atoms with van der Waals surface area (Å²) in [4.78, 5) is 28.5. The fourth-order valence-electron chi connectivity index (χ4n) is 5.22. The quantitative estimate of drug-likeness (QED) is 0.805. The van der Waals surface area contributed by atoms with Crippen molar-refractivity contribution in [2.45, 2.75) is 65.5 Å². The molecule has 3 aliphatic rings. The van der Waals surface area contributed by atoms with Gasteiger partial charge in [-0.15, -0.1) is 0 Å². The van der Waals surface area contributed by atoms with Crippen LogP contribution in [0.15, 0.2) is 0 Å². The minimum Gasteiger partial charge on any atom is -0.327 e. The van der Waals surface area contributed by atoms with Crippen molar-refractivity contribution in [1.29, 1.82) is 0 Å². The fraction of sp³-hybridized carbons (Fsp3) is 0.889. The largest absolute Gasteiger partial charge is 0.327 e. The molecule has 1 saturated carbocycles. The average molecular weight is 306 g/mol. The summed E-state index contributed by atoms with van der Waals surface area (Å²) < 4.78 is 0. The number of hydrogen-bond acceptors (Lipinski definition) is 3. The summed E-state index contributed by atoms with van der Waals surface area (Å²) in [6.07, 6.45) is 6.09. The van der Waals surface area contributed by atoms with Crippen LogP contribution in [-0.2, 0) is 9.59 Å². The predicted octanol–water partition coefficient (Wildman–Crippen LogP) is 2.67. The van der Waals surface area contributed by atoms with Gasteiger partial charge in [0.2, 0.25) is 5.91 Å². The van der Waals surface area contributed by atoms with E-state index in [0.29, 0.717) is 48.3 Å². The molecule has 2 heterocycles. The van der Waals surface area contributed by atoms with E-state index < -0.39 is 0 Å². The van der Waals surface area contributed by atoms with E-state index in [1.807, 2.05) is 0 Å². The Morgan fingerprint density at radius 3 is 2.45 bits per heavy atom. The number of carbonyl (C=O) groups excluding carboxylic acids is 2. The van der Waals surface area contributed by atoms with Crippen molar-refractivity contribution in [3.63, 3.8) is 0 Å². The second kappa shape index (κ2) is 5.95. The van der Waals surface area contributed by atoms with E-state index in [1.165, 1.54) is 12.8 Å². The van der Waals surface area contributed by atoms with Gasteiger partial charge in [-0.3, -0.25) is 14.5 Å². The predicted molar refractivity (Wildman–Crippen MR) is 86.2 cm³/mol. The second-order valence-electron chi connectivity index (χ2n) is 8.54. The van der Waals surface area contributed by atoms with Gasteiger partial charge in [-0.2, -0.15) is 0 Å². The fourth-order valence-corrected chi connectivity index (χ4v) is 5.22. The lowest BCUT2D eigenvalue weighted by atomic mass is 9.67. The van der Waals surface area contributed by atoms with Crippen LogP contribution in [0.25, 0.3) is 0 Å². The van der Waals surface area contributed by atoms with Crippen LogP contribution in [-0.4, -0.2) is 47.3 Å². The molecule has 0 aromatic heterocycles. The third-order valence-corrected chi connectivity index (χ3v) is 5.70. The highest BCUT2D eigenvalue weighted by Gasteiger charge is 2.44. The van der Waals surface area contributed by atoms with Crippen LogP contribution in [0.2, 0.25) is 0 Å². The Balaban J connectivity index is 1.84. The van der Waals surface area contributed by atoms with E-state index in [9.17, 15) is 9.59 Å². The first-order chi connectivity index (χ1) is 10.4. The number of hydrogen-bond donors (Lipinski definition) is 0. The molecule has 0 aromatic rings. The van der Waals surface area contributed by atoms with Gasteiger partial charge in [0.25, 0.3) is 0 Å². The molecule has 0 N–H and O–H groups in total. The molecule has 22 heavy (non-hydrogen) atoms. The van der Waals surface area contributed by atoms with Crippen LogP contribution in [0.1, 0.15) is 59.3 Å². The molecule has 3 unspecified atom stereocenters. The zero-order valence-corrected chi connectivity index (χ0v) is 14.3. The minimum absolute atomic E-state index is 0.156. The first kappa shape index (κ1) is 16.0. The number of likely N-dealkylation sites (tertiary alicyclic amines) is 2.